The maximum Gasteiger partial charge on any atom is 0.296 e. The van der Waals surface area contributed by atoms with Crippen LogP contribution in [0.1, 0.15) is 19.2 Å². The predicted octanol–water partition coefficient (Wildman–Crippen LogP) is 3.01. The van der Waals surface area contributed by atoms with E-state index in [1.165, 1.54) is 4.57 Å². The minimum Gasteiger partial charge on any atom is -0.378 e. The number of nitrogens with one attached hydrogen (secondary N) is 1. The molecule has 4 aromatic rings. The monoisotopic (exact) mass is 654 g/mol. The second-order valence-electron chi connectivity index (χ2n) is 11.3. The van der Waals surface area contributed by atoms with Crippen molar-refractivity contribution in [2.75, 3.05) is 75.0 Å². The van der Waals surface area contributed by atoms with Gasteiger partial charge in [-0.3, -0.25) is 14.3 Å². The van der Waals surface area contributed by atoms with E-state index in [0.717, 1.165) is 0 Å². The summed E-state index contributed by atoms with van der Waals surface area (Å²) in [7, 11) is -3.39. The zero-order chi connectivity index (χ0) is 32.3. The minimum atomic E-state index is -3.39. The molecular formula is C31H36F2N8O4S. The number of para-hydroxylation sites is 2. The molecule has 6 rings (SSSR count). The standard InChI is InChI=1S/C31H36F2N8O4S/c1-22(30(42)40-13-11-38(12-14-40)17-20-46(43,44)23-7-3-2-4-8-23)34-31-36-26(39-15-18-45-19-16-39)21-27(37-31)41-25-10-6-5-9-24(25)35-29(41)28(32)33/h2-10,21-22,28H,11-20H2,1H3,(H,34,36,37)/t22-/m0/s1. The molecule has 2 aliphatic heterocycles. The summed E-state index contributed by atoms with van der Waals surface area (Å²) >= 11 is 0. The Kier molecular flexibility index (Phi) is 9.42. The van der Waals surface area contributed by atoms with Crippen molar-refractivity contribution in [1.82, 2.24) is 29.3 Å². The van der Waals surface area contributed by atoms with Crippen LogP contribution in [0.5, 0.6) is 0 Å². The molecule has 0 radical (unpaired) electrons. The van der Waals surface area contributed by atoms with Crippen molar-refractivity contribution >= 4 is 38.5 Å². The Morgan fingerprint density at radius 3 is 2.30 bits per heavy atom. The fourth-order valence-electron chi connectivity index (χ4n) is 5.70. The number of hydrogen-bond donors (Lipinski definition) is 1. The van der Waals surface area contributed by atoms with Gasteiger partial charge in [0.05, 0.1) is 34.9 Å². The third-order valence-electron chi connectivity index (χ3n) is 8.22. The molecule has 2 aromatic heterocycles. The normalized spacial score (nSPS) is 17.0. The molecule has 1 amide bonds. The molecule has 0 aliphatic carbocycles. The van der Waals surface area contributed by atoms with Crippen LogP contribution in [0.2, 0.25) is 0 Å². The number of benzene rings is 2. The molecule has 244 valence electrons. The summed E-state index contributed by atoms with van der Waals surface area (Å²) in [4.78, 5) is 33.0. The topological polar surface area (TPSA) is 126 Å². The molecule has 1 N–H and O–H groups in total. The number of morpholine rings is 1. The fraction of sp³-hybridized carbons (Fsp3) is 0.419. The van der Waals surface area contributed by atoms with Crippen LogP contribution in [0, 0.1) is 0 Å². The van der Waals surface area contributed by atoms with Crippen molar-refractivity contribution in [3.63, 3.8) is 0 Å². The van der Waals surface area contributed by atoms with Gasteiger partial charge < -0.3 is 19.9 Å². The number of amides is 1. The number of ether oxygens (including phenoxy) is 1. The summed E-state index contributed by atoms with van der Waals surface area (Å²) in [5, 5.41) is 3.11. The first-order chi connectivity index (χ1) is 22.2. The van der Waals surface area contributed by atoms with E-state index in [-0.39, 0.29) is 23.4 Å². The highest BCUT2D eigenvalue weighted by Gasteiger charge is 2.28. The molecule has 0 unspecified atom stereocenters. The van der Waals surface area contributed by atoms with Crippen LogP contribution >= 0.6 is 0 Å². The van der Waals surface area contributed by atoms with Gasteiger partial charge >= 0.3 is 0 Å². The van der Waals surface area contributed by atoms with E-state index in [2.05, 4.69) is 20.3 Å². The fourth-order valence-corrected chi connectivity index (χ4v) is 7.01. The number of carbonyl (C=O) groups is 1. The van der Waals surface area contributed by atoms with Gasteiger partial charge in [0.15, 0.2) is 15.7 Å². The lowest BCUT2D eigenvalue weighted by atomic mass is 10.2. The molecule has 2 saturated heterocycles. The highest BCUT2D eigenvalue weighted by atomic mass is 32.2. The van der Waals surface area contributed by atoms with E-state index in [9.17, 15) is 22.0 Å². The molecule has 0 spiro atoms. The molecule has 15 heteroatoms. The number of carbonyl (C=O) groups excluding carboxylic acids is 1. The van der Waals surface area contributed by atoms with Crippen LogP contribution in [0.15, 0.2) is 65.6 Å². The molecule has 2 fully saturated rings. The summed E-state index contributed by atoms with van der Waals surface area (Å²) in [5.41, 5.74) is 0.896. The quantitative estimate of drug-likeness (QED) is 0.273. The van der Waals surface area contributed by atoms with Crippen LogP contribution in [-0.2, 0) is 19.4 Å². The Labute approximate surface area is 265 Å². The highest BCUT2D eigenvalue weighted by molar-refractivity contribution is 7.91. The lowest BCUT2D eigenvalue weighted by Crippen LogP contribution is -2.52. The SMILES string of the molecule is C[C@H](Nc1nc(N2CCOCC2)cc(-n2c(C(F)F)nc3ccccc32)n1)C(=O)N1CCN(CCS(=O)(=O)c2ccccc2)CC1. The zero-order valence-electron chi connectivity index (χ0n) is 25.4. The van der Waals surface area contributed by atoms with Gasteiger partial charge in [0.25, 0.3) is 6.43 Å². The number of hydrogen-bond acceptors (Lipinski definition) is 10. The van der Waals surface area contributed by atoms with Crippen LogP contribution in [0.4, 0.5) is 20.5 Å². The number of nitrogens with zero attached hydrogens (tertiary/aromatic N) is 7. The van der Waals surface area contributed by atoms with Gasteiger partial charge in [-0.1, -0.05) is 30.3 Å². The molecule has 2 aromatic carbocycles. The molecule has 0 saturated carbocycles. The van der Waals surface area contributed by atoms with E-state index in [1.54, 1.807) is 72.5 Å². The first-order valence-corrected chi connectivity index (χ1v) is 16.9. The van der Waals surface area contributed by atoms with Crippen molar-refractivity contribution in [2.24, 2.45) is 0 Å². The van der Waals surface area contributed by atoms with E-state index in [0.29, 0.717) is 80.8 Å². The molecule has 0 bridgehead atoms. The third kappa shape index (κ3) is 6.95. The maximum atomic E-state index is 14.2. The smallest absolute Gasteiger partial charge is 0.296 e. The van der Waals surface area contributed by atoms with Crippen molar-refractivity contribution in [1.29, 1.82) is 0 Å². The molecule has 46 heavy (non-hydrogen) atoms. The van der Waals surface area contributed by atoms with Gasteiger partial charge in [-0.15, -0.1) is 0 Å². The Morgan fingerprint density at radius 2 is 1.59 bits per heavy atom. The second-order valence-corrected chi connectivity index (χ2v) is 13.4. The van der Waals surface area contributed by atoms with Gasteiger partial charge in [0.1, 0.15) is 17.7 Å². The van der Waals surface area contributed by atoms with Gasteiger partial charge in [-0.25, -0.2) is 22.2 Å². The van der Waals surface area contributed by atoms with Crippen molar-refractivity contribution < 1.29 is 26.7 Å². The number of fused-ring (bicyclic) bond motifs is 1. The van der Waals surface area contributed by atoms with Gasteiger partial charge in [0, 0.05) is 51.9 Å². The summed E-state index contributed by atoms with van der Waals surface area (Å²) < 4.78 is 60.6. The number of rotatable bonds is 10. The summed E-state index contributed by atoms with van der Waals surface area (Å²) in [6.45, 7) is 6.17. The minimum absolute atomic E-state index is 0.00154. The lowest BCUT2D eigenvalue weighted by Gasteiger charge is -2.36. The van der Waals surface area contributed by atoms with Crippen molar-refractivity contribution in [3.05, 3.63) is 66.5 Å². The third-order valence-corrected chi connectivity index (χ3v) is 9.93. The summed E-state index contributed by atoms with van der Waals surface area (Å²) in [5.74, 6) is 0.260. The molecular weight excluding hydrogens is 618 g/mol. The highest BCUT2D eigenvalue weighted by Crippen LogP contribution is 2.29. The van der Waals surface area contributed by atoms with Crippen LogP contribution in [-0.4, -0.2) is 114 Å². The van der Waals surface area contributed by atoms with E-state index >= 15 is 0 Å². The van der Waals surface area contributed by atoms with Crippen LogP contribution in [0.25, 0.3) is 16.9 Å². The van der Waals surface area contributed by atoms with E-state index in [4.69, 9.17) is 4.74 Å². The van der Waals surface area contributed by atoms with Gasteiger partial charge in [0.2, 0.25) is 11.9 Å². The van der Waals surface area contributed by atoms with E-state index in [1.807, 2.05) is 9.80 Å². The zero-order valence-corrected chi connectivity index (χ0v) is 26.2. The predicted molar refractivity (Wildman–Crippen MR) is 169 cm³/mol. The number of piperazine rings is 1. The summed E-state index contributed by atoms with van der Waals surface area (Å²) in [6, 6.07) is 16.2. The number of aromatic nitrogens is 4. The largest absolute Gasteiger partial charge is 0.378 e. The molecule has 4 heterocycles. The first-order valence-electron chi connectivity index (χ1n) is 15.2. The number of halogens is 2. The van der Waals surface area contributed by atoms with E-state index < -0.39 is 28.1 Å². The number of alkyl halides is 2. The Morgan fingerprint density at radius 1 is 0.913 bits per heavy atom. The van der Waals surface area contributed by atoms with Gasteiger partial charge in [-0.2, -0.15) is 9.97 Å². The summed E-state index contributed by atoms with van der Waals surface area (Å²) in [6.07, 6.45) is -2.84. The lowest BCUT2D eigenvalue weighted by molar-refractivity contribution is -0.133. The molecule has 1 atom stereocenters. The average molecular weight is 655 g/mol. The molecule has 2 aliphatic rings. The van der Waals surface area contributed by atoms with Gasteiger partial charge in [-0.05, 0) is 31.2 Å². The van der Waals surface area contributed by atoms with Crippen LogP contribution < -0.4 is 10.2 Å². The molecule has 12 nitrogen and oxygen atoms in total. The van der Waals surface area contributed by atoms with Crippen molar-refractivity contribution in [3.8, 4) is 5.82 Å². The number of sulfone groups is 1. The Bertz CT molecular complexity index is 1780. The Balaban J connectivity index is 1.16. The Hall–Kier alpha value is -4.21. The van der Waals surface area contributed by atoms with Crippen LogP contribution in [0.3, 0.4) is 0 Å². The maximum absolute atomic E-state index is 14.2. The second kappa shape index (κ2) is 13.6. The van der Waals surface area contributed by atoms with Crippen molar-refractivity contribution in [2.45, 2.75) is 24.3 Å². The average Bonchev–Trinajstić information content (AvgIpc) is 3.48. The number of anilines is 2. The first kappa shape index (κ1) is 31.8. The number of imidazole rings is 1.